The summed E-state index contributed by atoms with van der Waals surface area (Å²) in [5.41, 5.74) is -0.0635. The van der Waals surface area contributed by atoms with Crippen molar-refractivity contribution >= 4 is 31.2 Å². The van der Waals surface area contributed by atoms with Crippen LogP contribution in [-0.2, 0) is 31.8 Å². The number of H-pyrrole nitrogens is 1. The summed E-state index contributed by atoms with van der Waals surface area (Å²) in [4.78, 5) is 18.7. The van der Waals surface area contributed by atoms with Gasteiger partial charge in [-0.3, -0.25) is 4.57 Å². The zero-order chi connectivity index (χ0) is 29.4. The predicted octanol–water partition coefficient (Wildman–Crippen LogP) is -0.489. The van der Waals surface area contributed by atoms with Crippen molar-refractivity contribution < 1.29 is 31.4 Å². The van der Waals surface area contributed by atoms with E-state index in [0.717, 1.165) is 0 Å². The van der Waals surface area contributed by atoms with Crippen LogP contribution >= 0.6 is 0 Å². The predicted molar refractivity (Wildman–Crippen MR) is 149 cm³/mol. The fourth-order valence-corrected chi connectivity index (χ4v) is 7.42. The topological polar surface area (TPSA) is 185 Å². The van der Waals surface area contributed by atoms with Gasteiger partial charge in [0.05, 0.1) is 22.6 Å². The van der Waals surface area contributed by atoms with Crippen molar-refractivity contribution in [3.8, 4) is 5.75 Å². The minimum Gasteiger partial charge on any atom is -0.491 e. The van der Waals surface area contributed by atoms with Crippen LogP contribution in [0.5, 0.6) is 5.75 Å². The smallest absolute Gasteiger partial charge is 0.327 e. The Morgan fingerprint density at radius 1 is 1.22 bits per heavy atom. The zero-order valence-electron chi connectivity index (χ0n) is 22.7. The van der Waals surface area contributed by atoms with Gasteiger partial charge in [-0.15, -0.1) is 0 Å². The second-order valence-corrected chi connectivity index (χ2v) is 14.2. The van der Waals surface area contributed by atoms with Crippen LogP contribution in [0.2, 0.25) is 0 Å². The van der Waals surface area contributed by atoms with Gasteiger partial charge in [-0.25, -0.2) is 31.3 Å². The van der Waals surface area contributed by atoms with E-state index in [-0.39, 0.29) is 47.8 Å². The Hall–Kier alpha value is -2.86. The normalized spacial score (nSPS) is 20.5. The molecule has 2 fully saturated rings. The van der Waals surface area contributed by atoms with Crippen LogP contribution in [0.3, 0.4) is 0 Å². The Morgan fingerprint density at radius 2 is 1.98 bits per heavy atom. The molecule has 16 heteroatoms. The molecule has 5 rings (SSSR count). The fourth-order valence-electron chi connectivity index (χ4n) is 5.24. The second-order valence-electron chi connectivity index (χ2n) is 10.4. The van der Waals surface area contributed by atoms with E-state index in [9.17, 15) is 26.7 Å². The van der Waals surface area contributed by atoms with Crippen LogP contribution in [0.1, 0.15) is 19.3 Å². The molecular weight excluding hydrogens is 576 g/mol. The molecule has 0 radical (unpaired) electrons. The standard InChI is InChI=1S/C25H34N6O8S2/c1-26-40(34,35)20-5-3-4-19(10-20)38-16-18(32)13-27-17-12-25(39-15-17)6-8-31(9-7-25)41(36,37)21-11-22-23(28-14-21)30(2)24(33)29-22/h3-5,10-11,14,17-18,26-27,32H,6-9,12-13,15-16H2,1-2H3,(H,29,33)/t17?,18-/m0/s1. The highest BCUT2D eigenvalue weighted by atomic mass is 32.2. The lowest BCUT2D eigenvalue weighted by Crippen LogP contribution is -2.47. The number of aliphatic hydroxyl groups is 1. The molecule has 2 aliphatic rings. The Labute approximate surface area is 237 Å². The number of rotatable bonds is 10. The highest BCUT2D eigenvalue weighted by Crippen LogP contribution is 2.37. The summed E-state index contributed by atoms with van der Waals surface area (Å²) in [6.45, 7) is 1.23. The molecule has 4 heterocycles. The van der Waals surface area contributed by atoms with Gasteiger partial charge in [0, 0.05) is 45.0 Å². The number of ether oxygens (including phenoxy) is 2. The fraction of sp³-hybridized carbons (Fsp3) is 0.520. The number of pyridine rings is 1. The number of aromatic nitrogens is 3. The SMILES string of the molecule is CNS(=O)(=O)c1cccc(OC[C@@H](O)CNC2COC3(CCN(S(=O)(=O)c4cnc5c(c4)[nH]c(=O)n5C)CC3)C2)c1. The van der Waals surface area contributed by atoms with Crippen molar-refractivity contribution in [1.29, 1.82) is 0 Å². The van der Waals surface area contributed by atoms with Crippen molar-refractivity contribution in [2.45, 2.75) is 46.8 Å². The van der Waals surface area contributed by atoms with Crippen LogP contribution in [0.25, 0.3) is 11.2 Å². The van der Waals surface area contributed by atoms with Crippen LogP contribution in [0, 0.1) is 0 Å². The molecule has 4 N–H and O–H groups in total. The van der Waals surface area contributed by atoms with Crippen LogP contribution in [0.15, 0.2) is 51.1 Å². The maximum atomic E-state index is 13.3. The van der Waals surface area contributed by atoms with Gasteiger partial charge in [0.15, 0.2) is 5.65 Å². The summed E-state index contributed by atoms with van der Waals surface area (Å²) in [5, 5.41) is 13.7. The maximum absolute atomic E-state index is 13.3. The number of aromatic amines is 1. The Kier molecular flexibility index (Phi) is 8.26. The molecule has 14 nitrogen and oxygen atoms in total. The quantitative estimate of drug-likeness (QED) is 0.234. The largest absolute Gasteiger partial charge is 0.491 e. The lowest BCUT2D eigenvalue weighted by Gasteiger charge is -2.38. The molecule has 41 heavy (non-hydrogen) atoms. The number of sulfonamides is 2. The van der Waals surface area contributed by atoms with Crippen molar-refractivity contribution in [3.05, 3.63) is 47.0 Å². The summed E-state index contributed by atoms with van der Waals surface area (Å²) in [7, 11) is -4.50. The molecule has 2 aromatic heterocycles. The van der Waals surface area contributed by atoms with Gasteiger partial charge in [0.25, 0.3) is 0 Å². The first-order chi connectivity index (χ1) is 19.4. The van der Waals surface area contributed by atoms with E-state index in [1.807, 2.05) is 0 Å². The zero-order valence-corrected chi connectivity index (χ0v) is 24.4. The molecule has 1 spiro atoms. The first-order valence-electron chi connectivity index (χ1n) is 13.2. The number of nitrogens with one attached hydrogen (secondary N) is 3. The van der Waals surface area contributed by atoms with E-state index < -0.39 is 31.8 Å². The van der Waals surface area contributed by atoms with Crippen molar-refractivity contribution in [2.24, 2.45) is 7.05 Å². The van der Waals surface area contributed by atoms with E-state index >= 15 is 0 Å². The van der Waals surface area contributed by atoms with Gasteiger partial charge in [0.1, 0.15) is 23.4 Å². The minimum atomic E-state index is -3.80. The molecule has 0 bridgehead atoms. The van der Waals surface area contributed by atoms with E-state index in [1.54, 1.807) is 19.2 Å². The van der Waals surface area contributed by atoms with Gasteiger partial charge in [-0.2, -0.15) is 4.31 Å². The number of imidazole rings is 1. The molecule has 1 aromatic carbocycles. The van der Waals surface area contributed by atoms with Crippen molar-refractivity contribution in [1.82, 2.24) is 28.9 Å². The average Bonchev–Trinajstić information content (AvgIpc) is 3.49. The lowest BCUT2D eigenvalue weighted by molar-refractivity contribution is -0.0312. The third-order valence-corrected chi connectivity index (χ3v) is 10.9. The summed E-state index contributed by atoms with van der Waals surface area (Å²) in [5.74, 6) is 0.331. The number of hydrogen-bond donors (Lipinski definition) is 4. The average molecular weight is 611 g/mol. The molecule has 2 aliphatic heterocycles. The van der Waals surface area contributed by atoms with Gasteiger partial charge in [-0.05, 0) is 44.5 Å². The molecule has 0 aliphatic carbocycles. The summed E-state index contributed by atoms with van der Waals surface area (Å²) in [6, 6.07) is 7.45. The molecule has 1 unspecified atom stereocenters. The highest BCUT2D eigenvalue weighted by molar-refractivity contribution is 7.89. The summed E-state index contributed by atoms with van der Waals surface area (Å²) < 4.78 is 67.2. The summed E-state index contributed by atoms with van der Waals surface area (Å²) in [6.07, 6.45) is 2.17. The highest BCUT2D eigenvalue weighted by Gasteiger charge is 2.44. The third-order valence-electron chi connectivity index (χ3n) is 7.66. The molecular formula is C25H34N6O8S2. The van der Waals surface area contributed by atoms with E-state index in [4.69, 9.17) is 9.47 Å². The summed E-state index contributed by atoms with van der Waals surface area (Å²) >= 11 is 0. The number of aliphatic hydroxyl groups excluding tert-OH is 1. The molecule has 2 saturated heterocycles. The monoisotopic (exact) mass is 610 g/mol. The maximum Gasteiger partial charge on any atom is 0.327 e. The second kappa shape index (κ2) is 11.4. The Morgan fingerprint density at radius 3 is 2.71 bits per heavy atom. The molecule has 224 valence electrons. The van der Waals surface area contributed by atoms with Gasteiger partial charge in [0.2, 0.25) is 20.0 Å². The Bertz CT molecular complexity index is 1680. The van der Waals surface area contributed by atoms with E-state index in [0.29, 0.717) is 42.8 Å². The molecule has 3 aromatic rings. The van der Waals surface area contributed by atoms with Gasteiger partial charge >= 0.3 is 5.69 Å². The van der Waals surface area contributed by atoms with Crippen molar-refractivity contribution in [3.63, 3.8) is 0 Å². The number of hydrogen-bond acceptors (Lipinski definition) is 10. The first-order valence-corrected chi connectivity index (χ1v) is 16.1. The lowest BCUT2D eigenvalue weighted by atomic mass is 9.88. The Balaban J connectivity index is 1.10. The van der Waals surface area contributed by atoms with Crippen molar-refractivity contribution in [2.75, 3.05) is 39.9 Å². The van der Waals surface area contributed by atoms with Crippen LogP contribution < -0.4 is 20.5 Å². The van der Waals surface area contributed by atoms with E-state index in [1.165, 1.54) is 40.3 Å². The third kappa shape index (κ3) is 6.18. The van der Waals surface area contributed by atoms with Gasteiger partial charge in [-0.1, -0.05) is 6.07 Å². The van der Waals surface area contributed by atoms with E-state index in [2.05, 4.69) is 20.0 Å². The first kappa shape index (κ1) is 29.6. The number of piperidine rings is 1. The molecule has 2 atom stereocenters. The number of benzene rings is 1. The number of aryl methyl sites for hydroxylation is 1. The van der Waals surface area contributed by atoms with Gasteiger partial charge < -0.3 is 24.9 Å². The molecule has 0 saturated carbocycles. The minimum absolute atomic E-state index is 0.0154. The van der Waals surface area contributed by atoms with Crippen LogP contribution in [-0.4, -0.2) is 98.4 Å². The van der Waals surface area contributed by atoms with Crippen LogP contribution in [0.4, 0.5) is 0 Å². The molecule has 0 amide bonds. The number of nitrogens with zero attached hydrogens (tertiary/aromatic N) is 3. The number of fused-ring (bicyclic) bond motifs is 1.